The van der Waals surface area contributed by atoms with Crippen LogP contribution in [0.2, 0.25) is 0 Å². The van der Waals surface area contributed by atoms with Crippen molar-refractivity contribution in [3.63, 3.8) is 0 Å². The fourth-order valence-corrected chi connectivity index (χ4v) is 5.96. The average Bonchev–Trinajstić information content (AvgIpc) is 3.61. The number of para-hydroxylation sites is 5. The van der Waals surface area contributed by atoms with Gasteiger partial charge in [-0.1, -0.05) is 48.5 Å². The van der Waals surface area contributed by atoms with Gasteiger partial charge in [-0.2, -0.15) is 5.10 Å². The third-order valence-corrected chi connectivity index (χ3v) is 7.74. The number of aromatic nitrogens is 2. The number of thiophene rings is 1. The maximum atomic E-state index is 5.63. The van der Waals surface area contributed by atoms with E-state index >= 15 is 0 Å². The number of hydrogen-bond donors (Lipinski definition) is 1. The number of nitrogens with zero attached hydrogens (tertiary/aromatic N) is 5. The van der Waals surface area contributed by atoms with E-state index in [2.05, 4.69) is 52.9 Å². The molecule has 4 heterocycles. The number of rotatable bonds is 4. The molecule has 2 aliphatic rings. The third kappa shape index (κ3) is 3.53. The Bertz CT molecular complexity index is 1700. The summed E-state index contributed by atoms with van der Waals surface area (Å²) in [5.41, 5.74) is 5.71. The SMILES string of the molecule is COc1ccccc1NC1=Nc2ccccc2N2C1=Nc1c(c(C)nn1-c1ccccc1)[C@H]2c1cccs1. The predicted octanol–water partition coefficient (Wildman–Crippen LogP) is 7.05. The molecule has 7 rings (SSSR count). The molecule has 1 N–H and O–H groups in total. The minimum Gasteiger partial charge on any atom is -0.495 e. The van der Waals surface area contributed by atoms with Gasteiger partial charge in [0.1, 0.15) is 11.8 Å². The third-order valence-electron chi connectivity index (χ3n) is 6.81. The Labute approximate surface area is 224 Å². The summed E-state index contributed by atoms with van der Waals surface area (Å²) in [5, 5.41) is 10.6. The molecule has 0 aliphatic carbocycles. The molecule has 1 atom stereocenters. The molecule has 0 radical (unpaired) electrons. The van der Waals surface area contributed by atoms with Gasteiger partial charge in [0.05, 0.1) is 35.6 Å². The number of ether oxygens (including phenoxy) is 1. The number of amidine groups is 2. The van der Waals surface area contributed by atoms with Gasteiger partial charge in [-0.15, -0.1) is 11.3 Å². The Hall–Kier alpha value is -4.69. The maximum absolute atomic E-state index is 5.63. The van der Waals surface area contributed by atoms with E-state index in [0.29, 0.717) is 5.84 Å². The van der Waals surface area contributed by atoms with Gasteiger partial charge in [0.15, 0.2) is 17.5 Å². The van der Waals surface area contributed by atoms with Gasteiger partial charge in [0.2, 0.25) is 0 Å². The number of methoxy groups -OCH3 is 1. The summed E-state index contributed by atoms with van der Waals surface area (Å²) in [6.07, 6.45) is 0. The molecule has 186 valence electrons. The van der Waals surface area contributed by atoms with Crippen LogP contribution >= 0.6 is 11.3 Å². The van der Waals surface area contributed by atoms with Crippen LogP contribution in [0.15, 0.2) is 106 Å². The van der Waals surface area contributed by atoms with Gasteiger partial charge in [-0.3, -0.25) is 0 Å². The quantitative estimate of drug-likeness (QED) is 0.278. The van der Waals surface area contributed by atoms with E-state index in [9.17, 15) is 0 Å². The number of hydrogen-bond acceptors (Lipinski definition) is 7. The zero-order chi connectivity index (χ0) is 25.6. The Morgan fingerprint density at radius 1 is 0.868 bits per heavy atom. The second-order valence-corrected chi connectivity index (χ2v) is 10.0. The van der Waals surface area contributed by atoms with Crippen molar-refractivity contribution in [3.05, 3.63) is 113 Å². The minimum absolute atomic E-state index is 0.110. The summed E-state index contributed by atoms with van der Waals surface area (Å²) >= 11 is 1.73. The first-order valence-corrected chi connectivity index (χ1v) is 13.3. The normalized spacial score (nSPS) is 15.6. The van der Waals surface area contributed by atoms with Crippen molar-refractivity contribution < 1.29 is 4.74 Å². The molecule has 0 saturated carbocycles. The molecule has 8 heteroatoms. The van der Waals surface area contributed by atoms with Gasteiger partial charge in [0, 0.05) is 10.4 Å². The predicted molar refractivity (Wildman–Crippen MR) is 154 cm³/mol. The minimum atomic E-state index is -0.110. The van der Waals surface area contributed by atoms with Crippen LogP contribution in [0.25, 0.3) is 5.69 Å². The van der Waals surface area contributed by atoms with E-state index in [-0.39, 0.29) is 6.04 Å². The van der Waals surface area contributed by atoms with Gasteiger partial charge in [0.25, 0.3) is 0 Å². The van der Waals surface area contributed by atoms with Crippen LogP contribution < -0.4 is 15.0 Å². The van der Waals surface area contributed by atoms with Crippen molar-refractivity contribution in [2.45, 2.75) is 13.0 Å². The molecule has 7 nitrogen and oxygen atoms in total. The molecular weight excluding hydrogens is 492 g/mol. The standard InChI is InChI=1S/C30H24N6OS/c1-19-26-27(25-17-10-18-38-25)35-23-15-8-6-13-21(23)31-28(32-22-14-7-9-16-24(22)37-2)30(35)33-29(26)36(34-19)20-11-4-3-5-12-20/h3-18,27H,1-2H3,(H,31,32)/t27-/m1/s1. The lowest BCUT2D eigenvalue weighted by Gasteiger charge is -2.40. The highest BCUT2D eigenvalue weighted by atomic mass is 32.1. The van der Waals surface area contributed by atoms with Crippen molar-refractivity contribution in [3.8, 4) is 11.4 Å². The zero-order valence-electron chi connectivity index (χ0n) is 20.9. The van der Waals surface area contributed by atoms with E-state index in [0.717, 1.165) is 51.4 Å². The molecule has 0 unspecified atom stereocenters. The Morgan fingerprint density at radius 2 is 1.66 bits per heavy atom. The highest BCUT2D eigenvalue weighted by molar-refractivity contribution is 7.10. The van der Waals surface area contributed by atoms with E-state index < -0.39 is 0 Å². The maximum Gasteiger partial charge on any atom is 0.179 e. The Kier molecular flexibility index (Phi) is 5.33. The summed E-state index contributed by atoms with van der Waals surface area (Å²) in [6.45, 7) is 2.07. The summed E-state index contributed by atoms with van der Waals surface area (Å²) in [5.74, 6) is 2.93. The lowest BCUT2D eigenvalue weighted by Crippen LogP contribution is -2.46. The van der Waals surface area contributed by atoms with Crippen molar-refractivity contribution in [2.75, 3.05) is 17.3 Å². The second-order valence-electron chi connectivity index (χ2n) is 9.07. The Morgan fingerprint density at radius 3 is 2.47 bits per heavy atom. The lowest BCUT2D eigenvalue weighted by molar-refractivity contribution is 0.417. The molecule has 2 aliphatic heterocycles. The number of nitrogens with one attached hydrogen (secondary N) is 1. The van der Waals surface area contributed by atoms with Crippen LogP contribution in [0, 0.1) is 6.92 Å². The molecule has 5 aromatic rings. The number of benzene rings is 3. The molecule has 38 heavy (non-hydrogen) atoms. The van der Waals surface area contributed by atoms with Crippen molar-refractivity contribution in [1.82, 2.24) is 9.78 Å². The summed E-state index contributed by atoms with van der Waals surface area (Å²) < 4.78 is 7.57. The molecule has 0 spiro atoms. The van der Waals surface area contributed by atoms with Gasteiger partial charge < -0.3 is 15.0 Å². The van der Waals surface area contributed by atoms with Crippen molar-refractivity contribution in [2.24, 2.45) is 9.98 Å². The van der Waals surface area contributed by atoms with Crippen LogP contribution in [-0.4, -0.2) is 28.6 Å². The molecule has 3 aromatic carbocycles. The second kappa shape index (κ2) is 9.00. The van der Waals surface area contributed by atoms with E-state index in [4.69, 9.17) is 19.8 Å². The fourth-order valence-electron chi connectivity index (χ4n) is 5.14. The topological polar surface area (TPSA) is 67.0 Å². The Balaban J connectivity index is 1.49. The van der Waals surface area contributed by atoms with Crippen LogP contribution in [0.4, 0.5) is 22.9 Å². The van der Waals surface area contributed by atoms with Gasteiger partial charge in [-0.05, 0) is 54.8 Å². The van der Waals surface area contributed by atoms with Gasteiger partial charge in [-0.25, -0.2) is 14.7 Å². The summed E-state index contributed by atoms with van der Waals surface area (Å²) in [6, 6.07) is 30.4. The first kappa shape index (κ1) is 22.5. The highest BCUT2D eigenvalue weighted by Crippen LogP contribution is 2.49. The molecular formula is C30H24N6OS. The summed E-state index contributed by atoms with van der Waals surface area (Å²) in [7, 11) is 1.67. The van der Waals surface area contributed by atoms with E-state index in [1.807, 2.05) is 65.3 Å². The van der Waals surface area contributed by atoms with Crippen molar-refractivity contribution in [1.29, 1.82) is 0 Å². The molecule has 0 amide bonds. The monoisotopic (exact) mass is 516 g/mol. The average molecular weight is 517 g/mol. The number of aryl methyl sites for hydroxylation is 1. The zero-order valence-corrected chi connectivity index (χ0v) is 21.7. The number of aliphatic imine (C=N–C) groups is 2. The first-order valence-electron chi connectivity index (χ1n) is 12.4. The van der Waals surface area contributed by atoms with Gasteiger partial charge >= 0.3 is 0 Å². The smallest absolute Gasteiger partial charge is 0.179 e. The molecule has 0 bridgehead atoms. The number of fused-ring (bicyclic) bond motifs is 4. The summed E-state index contributed by atoms with van der Waals surface area (Å²) in [4.78, 5) is 13.8. The molecule has 2 aromatic heterocycles. The van der Waals surface area contributed by atoms with E-state index in [1.165, 1.54) is 4.88 Å². The fraction of sp³-hybridized carbons (Fsp3) is 0.100. The van der Waals surface area contributed by atoms with Crippen LogP contribution in [0.3, 0.4) is 0 Å². The lowest BCUT2D eigenvalue weighted by atomic mass is 9.98. The first-order chi connectivity index (χ1) is 18.7. The molecule has 0 fully saturated rings. The van der Waals surface area contributed by atoms with Crippen molar-refractivity contribution >= 4 is 45.9 Å². The molecule has 0 saturated heterocycles. The highest BCUT2D eigenvalue weighted by Gasteiger charge is 2.41. The van der Waals surface area contributed by atoms with E-state index in [1.54, 1.807) is 18.4 Å². The van der Waals surface area contributed by atoms with Crippen LogP contribution in [0.5, 0.6) is 5.75 Å². The number of anilines is 2. The van der Waals surface area contributed by atoms with Crippen LogP contribution in [-0.2, 0) is 0 Å². The van der Waals surface area contributed by atoms with Crippen LogP contribution in [0.1, 0.15) is 22.2 Å². The largest absolute Gasteiger partial charge is 0.495 e.